The molecule has 6 heteroatoms. The van der Waals surface area contributed by atoms with Crippen LogP contribution >= 0.6 is 0 Å². The lowest BCUT2D eigenvalue weighted by Crippen LogP contribution is -2.41. The second-order valence-electron chi connectivity index (χ2n) is 5.58. The van der Waals surface area contributed by atoms with Crippen LogP contribution in [0.4, 0.5) is 4.39 Å². The standard InChI is InChI=1S/C16H20FNO4/c1-20-14-3-2-12(17)10-13(14)15(19)18-6-4-11(5-7-18)16-21-8-9-22-16/h2-3,10-11,16H,4-9H2,1H3. The molecule has 2 saturated heterocycles. The Balaban J connectivity index is 1.65. The first-order chi connectivity index (χ1) is 10.7. The lowest BCUT2D eigenvalue weighted by molar-refractivity contribution is -0.0956. The van der Waals surface area contributed by atoms with Gasteiger partial charge in [0, 0.05) is 19.0 Å². The van der Waals surface area contributed by atoms with Gasteiger partial charge in [0.1, 0.15) is 11.6 Å². The Labute approximate surface area is 128 Å². The van der Waals surface area contributed by atoms with Gasteiger partial charge in [-0.2, -0.15) is 0 Å². The van der Waals surface area contributed by atoms with Crippen LogP contribution in [0.5, 0.6) is 5.75 Å². The SMILES string of the molecule is COc1ccc(F)cc1C(=O)N1CCC(C2OCCO2)CC1. The number of carbonyl (C=O) groups excluding carboxylic acids is 1. The molecule has 0 radical (unpaired) electrons. The van der Waals surface area contributed by atoms with Crippen molar-refractivity contribution in [2.24, 2.45) is 5.92 Å². The highest BCUT2D eigenvalue weighted by Crippen LogP contribution is 2.28. The first-order valence-corrected chi connectivity index (χ1v) is 7.55. The number of hydrogen-bond acceptors (Lipinski definition) is 4. The minimum atomic E-state index is -0.438. The van der Waals surface area contributed by atoms with Gasteiger partial charge < -0.3 is 19.1 Å². The summed E-state index contributed by atoms with van der Waals surface area (Å²) in [6, 6.07) is 4.00. The average molecular weight is 309 g/mol. The van der Waals surface area contributed by atoms with Crippen molar-refractivity contribution in [3.63, 3.8) is 0 Å². The molecule has 2 aliphatic heterocycles. The Morgan fingerprint density at radius 2 is 1.95 bits per heavy atom. The van der Waals surface area contributed by atoms with Gasteiger partial charge in [-0.1, -0.05) is 0 Å². The zero-order valence-corrected chi connectivity index (χ0v) is 12.6. The molecule has 2 aliphatic rings. The number of likely N-dealkylation sites (tertiary alicyclic amines) is 1. The van der Waals surface area contributed by atoms with E-state index in [1.54, 1.807) is 4.90 Å². The topological polar surface area (TPSA) is 48.0 Å². The quantitative estimate of drug-likeness (QED) is 0.857. The van der Waals surface area contributed by atoms with E-state index in [-0.39, 0.29) is 17.8 Å². The van der Waals surface area contributed by atoms with Gasteiger partial charge in [0.15, 0.2) is 6.29 Å². The van der Waals surface area contributed by atoms with Gasteiger partial charge in [0.05, 0.1) is 25.9 Å². The average Bonchev–Trinajstić information content (AvgIpc) is 3.09. The summed E-state index contributed by atoms with van der Waals surface area (Å²) in [6.45, 7) is 2.52. The number of halogens is 1. The maximum absolute atomic E-state index is 13.4. The molecule has 1 amide bonds. The Kier molecular flexibility index (Phi) is 4.59. The van der Waals surface area contributed by atoms with Crippen LogP contribution in [0, 0.1) is 11.7 Å². The summed E-state index contributed by atoms with van der Waals surface area (Å²) in [7, 11) is 1.48. The number of methoxy groups -OCH3 is 1. The zero-order chi connectivity index (χ0) is 15.5. The molecule has 0 saturated carbocycles. The number of piperidine rings is 1. The first-order valence-electron chi connectivity index (χ1n) is 7.55. The van der Waals surface area contributed by atoms with E-state index in [4.69, 9.17) is 14.2 Å². The van der Waals surface area contributed by atoms with E-state index in [0.29, 0.717) is 38.0 Å². The third kappa shape index (κ3) is 3.08. The molecular formula is C16H20FNO4. The molecule has 5 nitrogen and oxygen atoms in total. The van der Waals surface area contributed by atoms with Gasteiger partial charge in [0.2, 0.25) is 0 Å². The number of amides is 1. The fraction of sp³-hybridized carbons (Fsp3) is 0.562. The number of hydrogen-bond donors (Lipinski definition) is 0. The van der Waals surface area contributed by atoms with Crippen LogP contribution in [0.2, 0.25) is 0 Å². The third-order valence-electron chi connectivity index (χ3n) is 4.25. The van der Waals surface area contributed by atoms with Crippen LogP contribution in [0.3, 0.4) is 0 Å². The molecule has 2 heterocycles. The number of carbonyl (C=O) groups is 1. The normalized spacial score (nSPS) is 20.4. The fourth-order valence-electron chi connectivity index (χ4n) is 3.04. The minimum Gasteiger partial charge on any atom is -0.496 e. The molecule has 0 unspecified atom stereocenters. The van der Waals surface area contributed by atoms with E-state index >= 15 is 0 Å². The van der Waals surface area contributed by atoms with Crippen LogP contribution in [-0.2, 0) is 9.47 Å². The molecule has 0 aromatic heterocycles. The number of ether oxygens (including phenoxy) is 3. The van der Waals surface area contributed by atoms with Crippen LogP contribution in [0.25, 0.3) is 0 Å². The zero-order valence-electron chi connectivity index (χ0n) is 12.6. The molecule has 1 aromatic rings. The molecule has 120 valence electrons. The molecule has 3 rings (SSSR count). The highest BCUT2D eigenvalue weighted by molar-refractivity contribution is 5.97. The molecular weight excluding hydrogens is 289 g/mol. The van der Waals surface area contributed by atoms with Gasteiger partial charge in [-0.25, -0.2) is 4.39 Å². The molecule has 0 atom stereocenters. The molecule has 0 aliphatic carbocycles. The predicted molar refractivity (Wildman–Crippen MR) is 77.3 cm³/mol. The Hall–Kier alpha value is -1.66. The van der Waals surface area contributed by atoms with Crippen LogP contribution in [-0.4, -0.2) is 50.5 Å². The summed E-state index contributed by atoms with van der Waals surface area (Å²) in [4.78, 5) is 14.3. The van der Waals surface area contributed by atoms with Crippen molar-refractivity contribution < 1.29 is 23.4 Å². The number of nitrogens with zero attached hydrogens (tertiary/aromatic N) is 1. The predicted octanol–water partition coefficient (Wildman–Crippen LogP) is 2.06. The first kappa shape index (κ1) is 15.2. The third-order valence-corrected chi connectivity index (χ3v) is 4.25. The van der Waals surface area contributed by atoms with Crippen molar-refractivity contribution in [2.45, 2.75) is 19.1 Å². The monoisotopic (exact) mass is 309 g/mol. The summed E-state index contributed by atoms with van der Waals surface area (Å²) in [6.07, 6.45) is 1.52. The molecule has 0 N–H and O–H groups in total. The van der Waals surface area contributed by atoms with Crippen molar-refractivity contribution >= 4 is 5.91 Å². The van der Waals surface area contributed by atoms with Crippen LogP contribution < -0.4 is 4.74 Å². The highest BCUT2D eigenvalue weighted by atomic mass is 19.1. The fourth-order valence-corrected chi connectivity index (χ4v) is 3.04. The largest absolute Gasteiger partial charge is 0.496 e. The summed E-state index contributed by atoms with van der Waals surface area (Å²) in [5.74, 6) is 0.0896. The van der Waals surface area contributed by atoms with E-state index in [1.807, 2.05) is 0 Å². The maximum atomic E-state index is 13.4. The van der Waals surface area contributed by atoms with Crippen molar-refractivity contribution in [2.75, 3.05) is 33.4 Å². The van der Waals surface area contributed by atoms with E-state index in [2.05, 4.69) is 0 Å². The molecule has 1 aromatic carbocycles. The van der Waals surface area contributed by atoms with Crippen molar-refractivity contribution in [1.82, 2.24) is 4.90 Å². The van der Waals surface area contributed by atoms with Crippen LogP contribution in [0.1, 0.15) is 23.2 Å². The van der Waals surface area contributed by atoms with Crippen molar-refractivity contribution in [3.8, 4) is 5.75 Å². The highest BCUT2D eigenvalue weighted by Gasteiger charge is 2.32. The Morgan fingerprint density at radius 3 is 2.59 bits per heavy atom. The van der Waals surface area contributed by atoms with Crippen LogP contribution in [0.15, 0.2) is 18.2 Å². The lowest BCUT2D eigenvalue weighted by atomic mass is 9.95. The molecule has 2 fully saturated rings. The van der Waals surface area contributed by atoms with E-state index in [1.165, 1.54) is 25.3 Å². The minimum absolute atomic E-state index is 0.138. The van der Waals surface area contributed by atoms with Crippen molar-refractivity contribution in [1.29, 1.82) is 0 Å². The van der Waals surface area contributed by atoms with E-state index in [0.717, 1.165) is 12.8 Å². The van der Waals surface area contributed by atoms with Gasteiger partial charge in [-0.05, 0) is 31.0 Å². The lowest BCUT2D eigenvalue weighted by Gasteiger charge is -2.34. The molecule has 22 heavy (non-hydrogen) atoms. The van der Waals surface area contributed by atoms with Gasteiger partial charge in [-0.3, -0.25) is 4.79 Å². The summed E-state index contributed by atoms with van der Waals surface area (Å²) in [5.41, 5.74) is 0.273. The van der Waals surface area contributed by atoms with Crippen molar-refractivity contribution in [3.05, 3.63) is 29.6 Å². The molecule has 0 bridgehead atoms. The summed E-state index contributed by atoms with van der Waals surface area (Å²) >= 11 is 0. The summed E-state index contributed by atoms with van der Waals surface area (Å²) in [5, 5.41) is 0. The second kappa shape index (κ2) is 6.62. The Morgan fingerprint density at radius 1 is 1.27 bits per heavy atom. The van der Waals surface area contributed by atoms with E-state index in [9.17, 15) is 9.18 Å². The van der Waals surface area contributed by atoms with Gasteiger partial charge in [-0.15, -0.1) is 0 Å². The molecule has 0 spiro atoms. The summed E-state index contributed by atoms with van der Waals surface area (Å²) < 4.78 is 29.6. The van der Waals surface area contributed by atoms with Gasteiger partial charge in [0.25, 0.3) is 5.91 Å². The Bertz CT molecular complexity index is 537. The maximum Gasteiger partial charge on any atom is 0.257 e. The number of benzene rings is 1. The second-order valence-corrected chi connectivity index (χ2v) is 5.58. The van der Waals surface area contributed by atoms with Gasteiger partial charge >= 0.3 is 0 Å². The number of rotatable bonds is 3. The smallest absolute Gasteiger partial charge is 0.257 e. The van der Waals surface area contributed by atoms with E-state index < -0.39 is 5.82 Å².